The molecule has 0 aromatic rings. The summed E-state index contributed by atoms with van der Waals surface area (Å²) >= 11 is 0. The van der Waals surface area contributed by atoms with E-state index in [1.165, 1.54) is 25.7 Å². The number of likely N-dealkylation sites (tertiary alicyclic amines) is 1. The van der Waals surface area contributed by atoms with Crippen LogP contribution in [0.15, 0.2) is 24.4 Å². The lowest BCUT2D eigenvalue weighted by Gasteiger charge is -2.54. The molecule has 2 aliphatic heterocycles. The van der Waals surface area contributed by atoms with Crippen LogP contribution in [0.3, 0.4) is 0 Å². The first-order chi connectivity index (χ1) is 13.6. The van der Waals surface area contributed by atoms with Gasteiger partial charge in [0.1, 0.15) is 0 Å². The number of hydrogen-bond donors (Lipinski definition) is 2. The summed E-state index contributed by atoms with van der Waals surface area (Å²) in [6.07, 6.45) is 11.6. The van der Waals surface area contributed by atoms with Crippen molar-refractivity contribution in [3.05, 3.63) is 24.4 Å². The van der Waals surface area contributed by atoms with Crippen molar-refractivity contribution in [1.29, 1.82) is 0 Å². The van der Waals surface area contributed by atoms with Crippen molar-refractivity contribution in [3.8, 4) is 0 Å². The minimum atomic E-state index is 0.126. The Morgan fingerprint density at radius 2 is 2.25 bits per heavy atom. The van der Waals surface area contributed by atoms with E-state index in [1.54, 1.807) is 5.57 Å². The summed E-state index contributed by atoms with van der Waals surface area (Å²) in [6.45, 7) is 7.58. The molecule has 4 aliphatic rings. The van der Waals surface area contributed by atoms with Gasteiger partial charge in [0.05, 0.1) is 5.92 Å². The van der Waals surface area contributed by atoms with Crippen molar-refractivity contribution in [1.82, 2.24) is 20.4 Å². The van der Waals surface area contributed by atoms with Crippen LogP contribution in [0.2, 0.25) is 0 Å². The summed E-state index contributed by atoms with van der Waals surface area (Å²) < 4.78 is 0. The van der Waals surface area contributed by atoms with Gasteiger partial charge < -0.3 is 15.5 Å². The Labute approximate surface area is 170 Å². The Morgan fingerprint density at radius 1 is 1.39 bits per heavy atom. The average molecular weight is 387 g/mol. The fourth-order valence-corrected chi connectivity index (χ4v) is 6.49. The quantitative estimate of drug-likeness (QED) is 0.520. The lowest BCUT2D eigenvalue weighted by molar-refractivity contribution is -0.130. The Kier molecular flexibility index (Phi) is 6.12. The Bertz CT molecular complexity index is 616. The molecule has 6 atom stereocenters. The van der Waals surface area contributed by atoms with Gasteiger partial charge in [-0.05, 0) is 76.4 Å². The van der Waals surface area contributed by atoms with E-state index in [2.05, 4.69) is 47.3 Å². The predicted octanol–water partition coefficient (Wildman–Crippen LogP) is 2.22. The summed E-state index contributed by atoms with van der Waals surface area (Å²) in [4.78, 5) is 17.7. The average Bonchev–Trinajstić information content (AvgIpc) is 3.10. The summed E-state index contributed by atoms with van der Waals surface area (Å²) in [6, 6.07) is 1.24. The molecule has 0 radical (unpaired) electrons. The lowest BCUT2D eigenvalue weighted by Crippen LogP contribution is -2.58. The second-order valence-corrected chi connectivity index (χ2v) is 9.67. The van der Waals surface area contributed by atoms with Crippen molar-refractivity contribution in [2.45, 2.75) is 50.6 Å². The van der Waals surface area contributed by atoms with Gasteiger partial charge in [-0.15, -0.1) is 6.58 Å². The van der Waals surface area contributed by atoms with E-state index in [0.29, 0.717) is 18.0 Å². The number of hydrogen-bond acceptors (Lipinski definition) is 4. The standard InChI is InChI=1S/C23H38N4O/c1-4-10-27-15-17(23(28)24-9-6-11-26(2)3)12-19-18-7-5-8-20-22(18)16(14-25-20)13-21(19)27/h4,14,17-22,25H,1,5-13,15H2,2-3H3,(H,24,28). The number of fused-ring (bicyclic) bond motifs is 2. The number of rotatable bonds is 7. The highest BCUT2D eigenvalue weighted by atomic mass is 16.1. The molecular formula is C23H38N4O. The van der Waals surface area contributed by atoms with Crippen LogP contribution >= 0.6 is 0 Å². The summed E-state index contributed by atoms with van der Waals surface area (Å²) in [5, 5.41) is 6.91. The van der Waals surface area contributed by atoms with Gasteiger partial charge in [0, 0.05) is 37.6 Å². The molecule has 1 saturated heterocycles. The number of piperidine rings is 1. The predicted molar refractivity (Wildman–Crippen MR) is 114 cm³/mol. The van der Waals surface area contributed by atoms with E-state index in [1.807, 2.05) is 6.08 Å². The summed E-state index contributed by atoms with van der Waals surface area (Å²) in [7, 11) is 4.16. The lowest BCUT2D eigenvalue weighted by atomic mass is 9.58. The van der Waals surface area contributed by atoms with Crippen molar-refractivity contribution in [3.63, 3.8) is 0 Å². The first-order valence-electron chi connectivity index (χ1n) is 11.3. The van der Waals surface area contributed by atoms with Crippen LogP contribution in [0, 0.1) is 23.7 Å². The highest BCUT2D eigenvalue weighted by Gasteiger charge is 2.52. The molecule has 4 rings (SSSR count). The molecule has 0 aromatic heterocycles. The van der Waals surface area contributed by atoms with Gasteiger partial charge in [-0.2, -0.15) is 0 Å². The van der Waals surface area contributed by atoms with Gasteiger partial charge in [-0.3, -0.25) is 9.69 Å². The maximum atomic E-state index is 13.0. The van der Waals surface area contributed by atoms with Crippen LogP contribution in [0.4, 0.5) is 0 Å². The van der Waals surface area contributed by atoms with Crippen molar-refractivity contribution in [2.75, 3.05) is 40.3 Å². The third-order valence-electron chi connectivity index (χ3n) is 7.64. The molecule has 2 aliphatic carbocycles. The van der Waals surface area contributed by atoms with Crippen LogP contribution in [-0.4, -0.2) is 68.1 Å². The molecule has 156 valence electrons. The van der Waals surface area contributed by atoms with Crippen molar-refractivity contribution in [2.24, 2.45) is 23.7 Å². The number of carbonyl (C=O) groups is 1. The smallest absolute Gasteiger partial charge is 0.224 e. The molecule has 2 N–H and O–H groups in total. The SMILES string of the molecule is C=CCN1CC(C(=O)NCCCN(C)C)CC2C3CCCC4NC=C(CC21)C43. The van der Waals surface area contributed by atoms with E-state index in [0.717, 1.165) is 50.9 Å². The van der Waals surface area contributed by atoms with Gasteiger partial charge in [-0.1, -0.05) is 12.5 Å². The molecule has 5 heteroatoms. The van der Waals surface area contributed by atoms with Crippen molar-refractivity contribution < 1.29 is 4.79 Å². The van der Waals surface area contributed by atoms with Crippen LogP contribution in [-0.2, 0) is 4.79 Å². The molecule has 3 fully saturated rings. The Hall–Kier alpha value is -1.33. The number of amides is 1. The third-order valence-corrected chi connectivity index (χ3v) is 7.64. The summed E-state index contributed by atoms with van der Waals surface area (Å²) in [5.41, 5.74) is 1.65. The number of nitrogens with one attached hydrogen (secondary N) is 2. The van der Waals surface area contributed by atoms with Crippen molar-refractivity contribution >= 4 is 5.91 Å². The molecule has 2 heterocycles. The normalized spacial score (nSPS) is 36.9. The van der Waals surface area contributed by atoms with Crippen LogP contribution in [0.1, 0.15) is 38.5 Å². The zero-order chi connectivity index (χ0) is 19.7. The third kappa shape index (κ3) is 3.88. The molecule has 6 unspecified atom stereocenters. The minimum Gasteiger partial charge on any atom is -0.388 e. The highest BCUT2D eigenvalue weighted by Crippen LogP contribution is 2.53. The Balaban J connectivity index is 1.45. The first-order valence-corrected chi connectivity index (χ1v) is 11.3. The van der Waals surface area contributed by atoms with Crippen LogP contribution < -0.4 is 10.6 Å². The van der Waals surface area contributed by atoms with Crippen LogP contribution in [0.25, 0.3) is 0 Å². The fourth-order valence-electron chi connectivity index (χ4n) is 6.49. The molecule has 0 spiro atoms. The van der Waals surface area contributed by atoms with E-state index in [9.17, 15) is 4.79 Å². The number of carbonyl (C=O) groups excluding carboxylic acids is 1. The zero-order valence-electron chi connectivity index (χ0n) is 17.7. The minimum absolute atomic E-state index is 0.126. The van der Waals surface area contributed by atoms with Gasteiger partial charge in [-0.25, -0.2) is 0 Å². The molecule has 28 heavy (non-hydrogen) atoms. The fraction of sp³-hybridized carbons (Fsp3) is 0.783. The molecular weight excluding hydrogens is 348 g/mol. The monoisotopic (exact) mass is 386 g/mol. The van der Waals surface area contributed by atoms with E-state index < -0.39 is 0 Å². The van der Waals surface area contributed by atoms with E-state index in [-0.39, 0.29) is 11.8 Å². The molecule has 0 aromatic carbocycles. The van der Waals surface area contributed by atoms with Gasteiger partial charge in [0.25, 0.3) is 0 Å². The van der Waals surface area contributed by atoms with Crippen LogP contribution in [0.5, 0.6) is 0 Å². The Morgan fingerprint density at radius 3 is 3.04 bits per heavy atom. The van der Waals surface area contributed by atoms with Gasteiger partial charge >= 0.3 is 0 Å². The molecule has 1 amide bonds. The maximum Gasteiger partial charge on any atom is 0.224 e. The second kappa shape index (κ2) is 8.58. The van der Waals surface area contributed by atoms with Gasteiger partial charge in [0.15, 0.2) is 0 Å². The van der Waals surface area contributed by atoms with Gasteiger partial charge in [0.2, 0.25) is 5.91 Å². The molecule has 0 bridgehead atoms. The largest absolute Gasteiger partial charge is 0.388 e. The molecule has 2 saturated carbocycles. The second-order valence-electron chi connectivity index (χ2n) is 9.67. The summed E-state index contributed by atoms with van der Waals surface area (Å²) in [5.74, 6) is 2.51. The highest BCUT2D eigenvalue weighted by molar-refractivity contribution is 5.79. The maximum absolute atomic E-state index is 13.0. The van der Waals surface area contributed by atoms with E-state index >= 15 is 0 Å². The topological polar surface area (TPSA) is 47.6 Å². The first kappa shape index (κ1) is 20.0. The zero-order valence-corrected chi connectivity index (χ0v) is 17.7. The van der Waals surface area contributed by atoms with E-state index in [4.69, 9.17) is 0 Å². The molecule has 5 nitrogen and oxygen atoms in total. The number of nitrogens with zero attached hydrogens (tertiary/aromatic N) is 2.